The van der Waals surface area contributed by atoms with E-state index in [0.717, 1.165) is 5.69 Å². The Morgan fingerprint density at radius 2 is 1.57 bits per heavy atom. The summed E-state index contributed by atoms with van der Waals surface area (Å²) in [5.74, 6) is 0. The molecule has 0 amide bonds. The van der Waals surface area contributed by atoms with Gasteiger partial charge in [-0.05, 0) is 57.1 Å². The molecule has 0 aliphatic rings. The molecule has 2 nitrogen and oxygen atoms in total. The van der Waals surface area contributed by atoms with E-state index in [0.29, 0.717) is 5.11 Å². The van der Waals surface area contributed by atoms with E-state index in [1.54, 1.807) is 0 Å². The molecule has 0 fully saturated rings. The number of thiocarbonyl (C=S) groups is 1. The van der Waals surface area contributed by atoms with Crippen molar-refractivity contribution in [3.8, 4) is 0 Å². The molecule has 1 atom stereocenters. The Balaban J connectivity index is 1.99. The van der Waals surface area contributed by atoms with Crippen molar-refractivity contribution in [3.05, 3.63) is 64.7 Å². The summed E-state index contributed by atoms with van der Waals surface area (Å²) in [7, 11) is 0. The van der Waals surface area contributed by atoms with Crippen LogP contribution in [0.4, 0.5) is 5.69 Å². The van der Waals surface area contributed by atoms with Crippen LogP contribution in [0.3, 0.4) is 0 Å². The molecule has 0 spiro atoms. The number of rotatable bonds is 3. The highest BCUT2D eigenvalue weighted by atomic mass is 32.1. The fourth-order valence-electron chi connectivity index (χ4n) is 2.25. The third kappa shape index (κ3) is 4.30. The zero-order valence-corrected chi connectivity index (χ0v) is 13.8. The molecule has 0 saturated carbocycles. The van der Waals surface area contributed by atoms with E-state index in [-0.39, 0.29) is 6.04 Å². The second kappa shape index (κ2) is 6.72. The van der Waals surface area contributed by atoms with Gasteiger partial charge in [0.05, 0.1) is 6.04 Å². The molecular weight excluding hydrogens is 276 g/mol. The minimum atomic E-state index is 0.177. The first-order chi connectivity index (χ1) is 9.95. The molecule has 0 saturated heterocycles. The number of anilines is 1. The average Bonchev–Trinajstić information content (AvgIpc) is 2.42. The van der Waals surface area contributed by atoms with Crippen LogP contribution in [0, 0.1) is 20.8 Å². The number of hydrogen-bond donors (Lipinski definition) is 2. The Labute approximate surface area is 132 Å². The maximum absolute atomic E-state index is 5.41. The summed E-state index contributed by atoms with van der Waals surface area (Å²) in [6.45, 7) is 8.38. The van der Waals surface area contributed by atoms with Gasteiger partial charge >= 0.3 is 0 Å². The van der Waals surface area contributed by atoms with E-state index in [4.69, 9.17) is 12.2 Å². The van der Waals surface area contributed by atoms with Crippen LogP contribution in [0.5, 0.6) is 0 Å². The molecule has 0 bridgehead atoms. The van der Waals surface area contributed by atoms with Crippen molar-refractivity contribution in [1.29, 1.82) is 0 Å². The van der Waals surface area contributed by atoms with Crippen LogP contribution >= 0.6 is 12.2 Å². The van der Waals surface area contributed by atoms with Gasteiger partial charge in [0, 0.05) is 5.69 Å². The van der Waals surface area contributed by atoms with Gasteiger partial charge in [0.1, 0.15) is 0 Å². The normalized spacial score (nSPS) is 11.8. The highest BCUT2D eigenvalue weighted by Crippen LogP contribution is 2.17. The summed E-state index contributed by atoms with van der Waals surface area (Å²) in [6.07, 6.45) is 0. The Morgan fingerprint density at radius 3 is 2.19 bits per heavy atom. The highest BCUT2D eigenvalue weighted by Gasteiger charge is 2.07. The lowest BCUT2D eigenvalue weighted by molar-refractivity contribution is 0.722. The molecule has 3 heteroatoms. The van der Waals surface area contributed by atoms with E-state index >= 15 is 0 Å². The zero-order valence-electron chi connectivity index (χ0n) is 13.0. The van der Waals surface area contributed by atoms with Crippen LogP contribution in [-0.4, -0.2) is 5.11 Å². The molecule has 2 rings (SSSR count). The van der Waals surface area contributed by atoms with Gasteiger partial charge in [-0.2, -0.15) is 0 Å². The van der Waals surface area contributed by atoms with Crippen molar-refractivity contribution in [3.63, 3.8) is 0 Å². The number of aryl methyl sites for hydroxylation is 3. The van der Waals surface area contributed by atoms with Gasteiger partial charge in [0.2, 0.25) is 0 Å². The van der Waals surface area contributed by atoms with Crippen LogP contribution < -0.4 is 10.6 Å². The molecule has 0 aromatic heterocycles. The largest absolute Gasteiger partial charge is 0.356 e. The smallest absolute Gasteiger partial charge is 0.171 e. The number of nitrogens with one attached hydrogen (secondary N) is 2. The van der Waals surface area contributed by atoms with E-state index in [1.165, 1.54) is 22.3 Å². The van der Waals surface area contributed by atoms with Crippen molar-refractivity contribution >= 4 is 23.0 Å². The quantitative estimate of drug-likeness (QED) is 0.806. The SMILES string of the molecule is Cc1ccc([C@@H](C)NC(=S)Nc2ccc(C)cc2C)cc1. The first-order valence-corrected chi connectivity index (χ1v) is 7.58. The molecular formula is C18H22N2S. The third-order valence-electron chi connectivity index (χ3n) is 3.56. The van der Waals surface area contributed by atoms with Crippen molar-refractivity contribution in [1.82, 2.24) is 5.32 Å². The van der Waals surface area contributed by atoms with Gasteiger partial charge in [-0.25, -0.2) is 0 Å². The molecule has 0 aliphatic carbocycles. The van der Waals surface area contributed by atoms with Gasteiger partial charge in [-0.3, -0.25) is 0 Å². The summed E-state index contributed by atoms with van der Waals surface area (Å²) >= 11 is 5.41. The molecule has 21 heavy (non-hydrogen) atoms. The number of hydrogen-bond acceptors (Lipinski definition) is 1. The average molecular weight is 298 g/mol. The summed E-state index contributed by atoms with van der Waals surface area (Å²) in [4.78, 5) is 0. The summed E-state index contributed by atoms with van der Waals surface area (Å²) < 4.78 is 0. The lowest BCUT2D eigenvalue weighted by Gasteiger charge is -2.18. The van der Waals surface area contributed by atoms with Gasteiger partial charge in [-0.1, -0.05) is 47.5 Å². The highest BCUT2D eigenvalue weighted by molar-refractivity contribution is 7.80. The van der Waals surface area contributed by atoms with Gasteiger partial charge in [0.25, 0.3) is 0 Å². The van der Waals surface area contributed by atoms with Crippen LogP contribution in [0.15, 0.2) is 42.5 Å². The minimum Gasteiger partial charge on any atom is -0.356 e. The molecule has 0 aliphatic heterocycles. The van der Waals surface area contributed by atoms with Crippen molar-refractivity contribution < 1.29 is 0 Å². The summed E-state index contributed by atoms with van der Waals surface area (Å²) in [5.41, 5.74) is 5.99. The predicted molar refractivity (Wildman–Crippen MR) is 94.9 cm³/mol. The van der Waals surface area contributed by atoms with E-state index in [1.807, 2.05) is 0 Å². The zero-order chi connectivity index (χ0) is 15.4. The van der Waals surface area contributed by atoms with E-state index < -0.39 is 0 Å². The third-order valence-corrected chi connectivity index (χ3v) is 3.77. The molecule has 0 heterocycles. The van der Waals surface area contributed by atoms with Crippen LogP contribution in [0.2, 0.25) is 0 Å². The number of benzene rings is 2. The molecule has 2 aromatic rings. The molecule has 0 radical (unpaired) electrons. The standard InChI is InChI=1S/C18H22N2S/c1-12-5-8-16(9-6-12)15(4)19-18(21)20-17-10-7-13(2)11-14(17)3/h5-11,15H,1-4H3,(H2,19,20,21)/t15-/m1/s1. The minimum absolute atomic E-state index is 0.177. The molecule has 0 unspecified atom stereocenters. The molecule has 2 aromatic carbocycles. The van der Waals surface area contributed by atoms with Crippen LogP contribution in [0.25, 0.3) is 0 Å². The first-order valence-electron chi connectivity index (χ1n) is 7.17. The lowest BCUT2D eigenvalue weighted by Crippen LogP contribution is -2.31. The Morgan fingerprint density at radius 1 is 0.952 bits per heavy atom. The summed E-state index contributed by atoms with van der Waals surface area (Å²) in [6, 6.07) is 15.0. The maximum atomic E-state index is 5.41. The first kappa shape index (κ1) is 15.5. The van der Waals surface area contributed by atoms with Gasteiger partial charge < -0.3 is 10.6 Å². The van der Waals surface area contributed by atoms with Crippen LogP contribution in [-0.2, 0) is 0 Å². The van der Waals surface area contributed by atoms with Gasteiger partial charge in [-0.15, -0.1) is 0 Å². The second-order valence-electron chi connectivity index (χ2n) is 5.55. The summed E-state index contributed by atoms with van der Waals surface area (Å²) in [5, 5.41) is 7.24. The monoisotopic (exact) mass is 298 g/mol. The molecule has 110 valence electrons. The fraction of sp³-hybridized carbons (Fsp3) is 0.278. The van der Waals surface area contributed by atoms with Crippen LogP contribution in [0.1, 0.15) is 35.2 Å². The maximum Gasteiger partial charge on any atom is 0.171 e. The predicted octanol–water partition coefficient (Wildman–Crippen LogP) is 4.66. The Bertz CT molecular complexity index is 632. The van der Waals surface area contributed by atoms with Crippen molar-refractivity contribution in [2.24, 2.45) is 0 Å². The Hall–Kier alpha value is -1.87. The molecule has 2 N–H and O–H groups in total. The van der Waals surface area contributed by atoms with Crippen molar-refractivity contribution in [2.75, 3.05) is 5.32 Å². The lowest BCUT2D eigenvalue weighted by atomic mass is 10.1. The fourth-order valence-corrected chi connectivity index (χ4v) is 2.53. The van der Waals surface area contributed by atoms with Gasteiger partial charge in [0.15, 0.2) is 5.11 Å². The topological polar surface area (TPSA) is 24.1 Å². The second-order valence-corrected chi connectivity index (χ2v) is 5.96. The van der Waals surface area contributed by atoms with E-state index in [9.17, 15) is 0 Å². The van der Waals surface area contributed by atoms with Crippen molar-refractivity contribution in [2.45, 2.75) is 33.7 Å². The Kier molecular flexibility index (Phi) is 4.97. The van der Waals surface area contributed by atoms with E-state index in [2.05, 4.69) is 80.8 Å².